The molecule has 2 N–H and O–H groups in total. The van der Waals surface area contributed by atoms with E-state index in [0.717, 1.165) is 44.1 Å². The van der Waals surface area contributed by atoms with Crippen molar-refractivity contribution in [3.63, 3.8) is 0 Å². The van der Waals surface area contributed by atoms with Gasteiger partial charge in [-0.3, -0.25) is 0 Å². The minimum atomic E-state index is -3.65. The van der Waals surface area contributed by atoms with Crippen LogP contribution in [0.5, 0.6) is 0 Å². The fraction of sp³-hybridized carbons (Fsp3) is 0.438. The molecule has 1 fully saturated rings. The van der Waals surface area contributed by atoms with E-state index in [4.69, 9.17) is 0 Å². The van der Waals surface area contributed by atoms with Gasteiger partial charge in [-0.1, -0.05) is 6.08 Å². The molecule has 1 saturated carbocycles. The van der Waals surface area contributed by atoms with Gasteiger partial charge in [0.2, 0.25) is 10.0 Å². The van der Waals surface area contributed by atoms with Crippen LogP contribution in [0, 0.1) is 0 Å². The zero-order chi connectivity index (χ0) is 15.7. The van der Waals surface area contributed by atoms with Crippen LogP contribution in [0.25, 0.3) is 5.57 Å². The fourth-order valence-electron chi connectivity index (χ4n) is 2.65. The zero-order valence-electron chi connectivity index (χ0n) is 12.2. The first-order valence-electron chi connectivity index (χ1n) is 7.56. The van der Waals surface area contributed by atoms with Gasteiger partial charge < -0.3 is 5.11 Å². The summed E-state index contributed by atoms with van der Waals surface area (Å²) in [6.07, 6.45) is 7.75. The third-order valence-corrected chi connectivity index (χ3v) is 5.52. The average Bonchev–Trinajstić information content (AvgIpc) is 3.31. The third-order valence-electron chi connectivity index (χ3n) is 4.02. The summed E-state index contributed by atoms with van der Waals surface area (Å²) in [7, 11) is -3.65. The second kappa shape index (κ2) is 5.85. The van der Waals surface area contributed by atoms with Crippen LogP contribution in [0.3, 0.4) is 0 Å². The van der Waals surface area contributed by atoms with Crippen molar-refractivity contribution in [2.75, 3.05) is 0 Å². The van der Waals surface area contributed by atoms with Gasteiger partial charge in [0.1, 0.15) is 0 Å². The molecule has 0 atom stereocenters. The molecule has 6 heteroatoms. The number of hydrogen-bond donors (Lipinski definition) is 2. The van der Waals surface area contributed by atoms with Gasteiger partial charge >= 0.3 is 5.97 Å². The number of carboxylic acid groups (broad SMARTS) is 1. The van der Waals surface area contributed by atoms with Gasteiger partial charge in [-0.05, 0) is 67.9 Å². The van der Waals surface area contributed by atoms with Crippen molar-refractivity contribution in [3.05, 3.63) is 35.4 Å². The Labute approximate surface area is 130 Å². The first-order valence-corrected chi connectivity index (χ1v) is 9.04. The van der Waals surface area contributed by atoms with Gasteiger partial charge in [-0.15, -0.1) is 0 Å². The van der Waals surface area contributed by atoms with Gasteiger partial charge in [0.25, 0.3) is 0 Å². The van der Waals surface area contributed by atoms with Crippen molar-refractivity contribution < 1.29 is 18.3 Å². The standard InChI is InChI=1S/C16H19NO4S/c18-16(19)13-8-12(11-4-2-1-3-5-11)9-15(10-13)22(20,21)17-14-6-7-14/h4,8-10,14,17H,1-3,5-7H2,(H,18,19). The molecule has 0 spiro atoms. The maximum atomic E-state index is 12.4. The Balaban J connectivity index is 2.03. The summed E-state index contributed by atoms with van der Waals surface area (Å²) in [5, 5.41) is 9.26. The summed E-state index contributed by atoms with van der Waals surface area (Å²) in [5.74, 6) is -1.11. The summed E-state index contributed by atoms with van der Waals surface area (Å²) < 4.78 is 27.3. The summed E-state index contributed by atoms with van der Waals surface area (Å²) in [6, 6.07) is 4.39. The molecule has 0 heterocycles. The number of allylic oxidation sites excluding steroid dienone is 2. The van der Waals surface area contributed by atoms with Crippen LogP contribution in [0.15, 0.2) is 29.2 Å². The maximum Gasteiger partial charge on any atom is 0.335 e. The molecule has 5 nitrogen and oxygen atoms in total. The normalized spacial score (nSPS) is 18.8. The van der Waals surface area contributed by atoms with Crippen LogP contribution in [0.4, 0.5) is 0 Å². The van der Waals surface area contributed by atoms with Gasteiger partial charge in [0.05, 0.1) is 10.5 Å². The number of carbonyl (C=O) groups is 1. The smallest absolute Gasteiger partial charge is 0.335 e. The Morgan fingerprint density at radius 1 is 1.18 bits per heavy atom. The molecule has 22 heavy (non-hydrogen) atoms. The molecule has 0 aliphatic heterocycles. The fourth-order valence-corrected chi connectivity index (χ4v) is 4.03. The first kappa shape index (κ1) is 15.2. The Hall–Kier alpha value is -1.66. The molecule has 0 bridgehead atoms. The van der Waals surface area contributed by atoms with Crippen molar-refractivity contribution >= 4 is 21.6 Å². The topological polar surface area (TPSA) is 83.5 Å². The quantitative estimate of drug-likeness (QED) is 0.873. The van der Waals surface area contributed by atoms with Crippen molar-refractivity contribution in [2.45, 2.75) is 49.5 Å². The average molecular weight is 321 g/mol. The molecule has 0 unspecified atom stereocenters. The van der Waals surface area contributed by atoms with Crippen molar-refractivity contribution in [2.24, 2.45) is 0 Å². The van der Waals surface area contributed by atoms with E-state index in [-0.39, 0.29) is 16.5 Å². The third kappa shape index (κ3) is 3.39. The SMILES string of the molecule is O=C(O)c1cc(C2=CCCCC2)cc(S(=O)(=O)NC2CC2)c1. The zero-order valence-corrected chi connectivity index (χ0v) is 13.0. The van der Waals surface area contributed by atoms with Gasteiger partial charge in [0.15, 0.2) is 0 Å². The minimum Gasteiger partial charge on any atom is -0.478 e. The Bertz CT molecular complexity index is 733. The molecule has 0 radical (unpaired) electrons. The first-order chi connectivity index (χ1) is 10.5. The number of carboxylic acids is 1. The minimum absolute atomic E-state index is 0.00386. The maximum absolute atomic E-state index is 12.4. The second-order valence-corrected chi connectivity index (χ2v) is 7.64. The molecular weight excluding hydrogens is 302 g/mol. The highest BCUT2D eigenvalue weighted by molar-refractivity contribution is 7.89. The van der Waals surface area contributed by atoms with Crippen LogP contribution in [-0.4, -0.2) is 25.5 Å². The summed E-state index contributed by atoms with van der Waals surface area (Å²) in [6.45, 7) is 0. The number of nitrogens with one attached hydrogen (secondary N) is 1. The molecule has 2 aliphatic carbocycles. The highest BCUT2D eigenvalue weighted by atomic mass is 32.2. The predicted octanol–water partition coefficient (Wildman–Crippen LogP) is 2.78. The van der Waals surface area contributed by atoms with E-state index in [0.29, 0.717) is 5.56 Å². The molecule has 0 amide bonds. The highest BCUT2D eigenvalue weighted by Crippen LogP contribution is 2.30. The summed E-state index contributed by atoms with van der Waals surface area (Å²) >= 11 is 0. The van der Waals surface area contributed by atoms with E-state index in [1.165, 1.54) is 6.07 Å². The van der Waals surface area contributed by atoms with E-state index >= 15 is 0 Å². The monoisotopic (exact) mass is 321 g/mol. The van der Waals surface area contributed by atoms with Crippen molar-refractivity contribution in [1.82, 2.24) is 4.72 Å². The van der Waals surface area contributed by atoms with Gasteiger partial charge in [-0.25, -0.2) is 17.9 Å². The second-order valence-electron chi connectivity index (χ2n) is 5.92. The van der Waals surface area contributed by atoms with E-state index in [1.54, 1.807) is 12.1 Å². The molecule has 0 saturated heterocycles. The largest absolute Gasteiger partial charge is 0.478 e. The summed E-state index contributed by atoms with van der Waals surface area (Å²) in [5.41, 5.74) is 1.76. The van der Waals surface area contributed by atoms with Gasteiger partial charge in [-0.2, -0.15) is 0 Å². The number of benzene rings is 1. The van der Waals surface area contributed by atoms with E-state index < -0.39 is 16.0 Å². The van der Waals surface area contributed by atoms with Crippen molar-refractivity contribution in [1.29, 1.82) is 0 Å². The lowest BCUT2D eigenvalue weighted by Gasteiger charge is -2.15. The molecule has 3 rings (SSSR count). The Morgan fingerprint density at radius 3 is 2.55 bits per heavy atom. The number of hydrogen-bond acceptors (Lipinski definition) is 3. The van der Waals surface area contributed by atoms with Crippen LogP contribution >= 0.6 is 0 Å². The van der Waals surface area contributed by atoms with E-state index in [9.17, 15) is 18.3 Å². The highest BCUT2D eigenvalue weighted by Gasteiger charge is 2.29. The van der Waals surface area contributed by atoms with Crippen LogP contribution < -0.4 is 4.72 Å². The lowest BCUT2D eigenvalue weighted by Crippen LogP contribution is -2.26. The molecule has 1 aromatic carbocycles. The molecular formula is C16H19NO4S. The van der Waals surface area contributed by atoms with Crippen molar-refractivity contribution in [3.8, 4) is 0 Å². The van der Waals surface area contributed by atoms with Crippen LogP contribution in [0.1, 0.15) is 54.4 Å². The number of aromatic carboxylic acids is 1. The number of rotatable bonds is 5. The van der Waals surface area contributed by atoms with Crippen LogP contribution in [0.2, 0.25) is 0 Å². The Morgan fingerprint density at radius 2 is 1.95 bits per heavy atom. The molecule has 0 aromatic heterocycles. The molecule has 1 aromatic rings. The molecule has 118 valence electrons. The number of sulfonamides is 1. The van der Waals surface area contributed by atoms with Crippen LogP contribution in [-0.2, 0) is 10.0 Å². The summed E-state index contributed by atoms with van der Waals surface area (Å²) in [4.78, 5) is 11.4. The predicted molar refractivity (Wildman–Crippen MR) is 83.2 cm³/mol. The molecule has 2 aliphatic rings. The Kier molecular flexibility index (Phi) is 4.06. The van der Waals surface area contributed by atoms with E-state index in [2.05, 4.69) is 10.8 Å². The van der Waals surface area contributed by atoms with Gasteiger partial charge in [0, 0.05) is 6.04 Å². The lowest BCUT2D eigenvalue weighted by atomic mass is 9.93. The van der Waals surface area contributed by atoms with E-state index in [1.807, 2.05) is 0 Å². The lowest BCUT2D eigenvalue weighted by molar-refractivity contribution is 0.0696.